The molecule has 1 aromatic heterocycles. The zero-order valence-corrected chi connectivity index (χ0v) is 10.7. The van der Waals surface area contributed by atoms with Crippen molar-refractivity contribution in [2.75, 3.05) is 0 Å². The van der Waals surface area contributed by atoms with Crippen molar-refractivity contribution in [2.45, 2.75) is 11.9 Å². The molecule has 0 unspecified atom stereocenters. The molecular weight excluding hydrogens is 285 g/mol. The smallest absolute Gasteiger partial charge is 0.130 e. The van der Waals surface area contributed by atoms with Crippen LogP contribution in [0.25, 0.3) is 0 Å². The van der Waals surface area contributed by atoms with Crippen LogP contribution in [0.3, 0.4) is 0 Å². The van der Waals surface area contributed by atoms with Gasteiger partial charge in [-0.1, -0.05) is 22.0 Å². The van der Waals surface area contributed by atoms with E-state index < -0.39 is 0 Å². The number of benzene rings is 1. The van der Waals surface area contributed by atoms with E-state index in [1.54, 1.807) is 12.3 Å². The number of hydrogen-bond acceptors (Lipinski definition) is 2. The molecule has 0 fully saturated rings. The standard InChI is InChI=1S/C13H11BrFNO/c14-8-10-7-11(15)4-5-13(10)17-9-12-3-1-2-6-16-12/h1-7H,8-9H2. The highest BCUT2D eigenvalue weighted by molar-refractivity contribution is 9.08. The Labute approximate surface area is 108 Å². The zero-order chi connectivity index (χ0) is 12.1. The molecule has 0 N–H and O–H groups in total. The molecule has 0 bridgehead atoms. The fraction of sp³-hybridized carbons (Fsp3) is 0.154. The molecule has 2 rings (SSSR count). The number of alkyl halides is 1. The third-order valence-electron chi connectivity index (χ3n) is 2.27. The van der Waals surface area contributed by atoms with Crippen molar-refractivity contribution in [3.63, 3.8) is 0 Å². The van der Waals surface area contributed by atoms with Crippen LogP contribution >= 0.6 is 15.9 Å². The predicted octanol–water partition coefficient (Wildman–Crippen LogP) is 3.69. The molecular formula is C13H11BrFNO. The van der Waals surface area contributed by atoms with E-state index in [1.165, 1.54) is 12.1 Å². The molecule has 0 radical (unpaired) electrons. The van der Waals surface area contributed by atoms with Gasteiger partial charge in [0.15, 0.2) is 0 Å². The van der Waals surface area contributed by atoms with Gasteiger partial charge >= 0.3 is 0 Å². The van der Waals surface area contributed by atoms with Crippen molar-refractivity contribution < 1.29 is 9.13 Å². The first kappa shape index (κ1) is 12.0. The van der Waals surface area contributed by atoms with Gasteiger partial charge in [0.1, 0.15) is 18.2 Å². The highest BCUT2D eigenvalue weighted by Gasteiger charge is 2.04. The number of halogens is 2. The molecule has 0 aliphatic rings. The number of ether oxygens (including phenoxy) is 1. The monoisotopic (exact) mass is 295 g/mol. The van der Waals surface area contributed by atoms with Crippen LogP contribution in [0, 0.1) is 5.82 Å². The number of rotatable bonds is 4. The molecule has 1 heterocycles. The molecule has 1 aromatic carbocycles. The molecule has 88 valence electrons. The second-order valence-corrected chi connectivity index (χ2v) is 4.06. The summed E-state index contributed by atoms with van der Waals surface area (Å²) >= 11 is 3.31. The highest BCUT2D eigenvalue weighted by atomic mass is 79.9. The van der Waals surface area contributed by atoms with Gasteiger partial charge in [0.05, 0.1) is 5.69 Å². The average Bonchev–Trinajstić information content (AvgIpc) is 2.38. The lowest BCUT2D eigenvalue weighted by Gasteiger charge is -2.09. The molecule has 4 heteroatoms. The summed E-state index contributed by atoms with van der Waals surface area (Å²) in [6.07, 6.45) is 1.72. The van der Waals surface area contributed by atoms with Crippen LogP contribution in [-0.4, -0.2) is 4.98 Å². The Hall–Kier alpha value is -1.42. The average molecular weight is 296 g/mol. The van der Waals surface area contributed by atoms with E-state index in [4.69, 9.17) is 4.74 Å². The Bertz CT molecular complexity index is 490. The first-order valence-corrected chi connectivity index (χ1v) is 6.29. The molecule has 2 aromatic rings. The minimum atomic E-state index is -0.260. The molecule has 0 spiro atoms. The van der Waals surface area contributed by atoms with E-state index in [0.717, 1.165) is 11.3 Å². The van der Waals surface area contributed by atoms with E-state index >= 15 is 0 Å². The minimum absolute atomic E-state index is 0.260. The van der Waals surface area contributed by atoms with Crippen LogP contribution in [0.2, 0.25) is 0 Å². The predicted molar refractivity (Wildman–Crippen MR) is 67.6 cm³/mol. The van der Waals surface area contributed by atoms with Crippen LogP contribution in [0.1, 0.15) is 11.3 Å². The van der Waals surface area contributed by atoms with Crippen molar-refractivity contribution in [1.29, 1.82) is 0 Å². The number of pyridine rings is 1. The Balaban J connectivity index is 2.09. The van der Waals surface area contributed by atoms with Gasteiger partial charge in [0.25, 0.3) is 0 Å². The lowest BCUT2D eigenvalue weighted by molar-refractivity contribution is 0.298. The summed E-state index contributed by atoms with van der Waals surface area (Å²) in [5.74, 6) is 0.415. The second-order valence-electron chi connectivity index (χ2n) is 3.50. The lowest BCUT2D eigenvalue weighted by atomic mass is 10.2. The van der Waals surface area contributed by atoms with Gasteiger partial charge in [-0.3, -0.25) is 4.98 Å². The van der Waals surface area contributed by atoms with Crippen molar-refractivity contribution >= 4 is 15.9 Å². The van der Waals surface area contributed by atoms with Gasteiger partial charge in [-0.2, -0.15) is 0 Å². The molecule has 0 saturated heterocycles. The number of hydrogen-bond donors (Lipinski definition) is 0. The first-order valence-electron chi connectivity index (χ1n) is 5.16. The van der Waals surface area contributed by atoms with Crippen molar-refractivity contribution in [2.24, 2.45) is 0 Å². The topological polar surface area (TPSA) is 22.1 Å². The molecule has 0 amide bonds. The zero-order valence-electron chi connectivity index (χ0n) is 9.07. The fourth-order valence-corrected chi connectivity index (χ4v) is 1.87. The summed E-state index contributed by atoms with van der Waals surface area (Å²) in [5.41, 5.74) is 1.64. The maximum atomic E-state index is 13.0. The van der Waals surface area contributed by atoms with Gasteiger partial charge in [-0.25, -0.2) is 4.39 Å². The van der Waals surface area contributed by atoms with Crippen molar-refractivity contribution in [1.82, 2.24) is 4.98 Å². The maximum Gasteiger partial charge on any atom is 0.130 e. The van der Waals surface area contributed by atoms with Crippen LogP contribution in [-0.2, 0) is 11.9 Å². The molecule has 0 aliphatic heterocycles. The van der Waals surface area contributed by atoms with Gasteiger partial charge in [0, 0.05) is 17.1 Å². The number of aromatic nitrogens is 1. The normalized spacial score (nSPS) is 10.2. The molecule has 2 nitrogen and oxygen atoms in total. The Morgan fingerprint density at radius 1 is 1.24 bits per heavy atom. The van der Waals surface area contributed by atoms with E-state index in [2.05, 4.69) is 20.9 Å². The summed E-state index contributed by atoms with van der Waals surface area (Å²) in [4.78, 5) is 4.16. The first-order chi connectivity index (χ1) is 8.29. The summed E-state index contributed by atoms with van der Waals surface area (Å²) in [6, 6.07) is 10.1. The van der Waals surface area contributed by atoms with E-state index in [-0.39, 0.29) is 5.82 Å². The van der Waals surface area contributed by atoms with Crippen molar-refractivity contribution in [3.05, 3.63) is 59.7 Å². The largest absolute Gasteiger partial charge is 0.487 e. The fourth-order valence-electron chi connectivity index (χ4n) is 1.43. The lowest BCUT2D eigenvalue weighted by Crippen LogP contribution is -1.99. The summed E-state index contributed by atoms with van der Waals surface area (Å²) in [5, 5.41) is 0.558. The van der Waals surface area contributed by atoms with Crippen molar-refractivity contribution in [3.8, 4) is 5.75 Å². The third-order valence-corrected chi connectivity index (χ3v) is 2.87. The Morgan fingerprint density at radius 2 is 2.12 bits per heavy atom. The second kappa shape index (κ2) is 5.77. The van der Waals surface area contributed by atoms with Crippen LogP contribution < -0.4 is 4.74 Å². The SMILES string of the molecule is Fc1ccc(OCc2ccccn2)c(CBr)c1. The number of nitrogens with zero attached hydrogens (tertiary/aromatic N) is 1. The van der Waals surface area contributed by atoms with Gasteiger partial charge in [-0.15, -0.1) is 0 Å². The molecule has 0 aliphatic carbocycles. The van der Waals surface area contributed by atoms with Gasteiger partial charge in [-0.05, 0) is 30.3 Å². The quantitative estimate of drug-likeness (QED) is 0.803. The van der Waals surface area contributed by atoms with E-state index in [1.807, 2.05) is 18.2 Å². The molecule has 0 atom stereocenters. The van der Waals surface area contributed by atoms with Crippen LogP contribution in [0.5, 0.6) is 5.75 Å². The highest BCUT2D eigenvalue weighted by Crippen LogP contribution is 2.22. The van der Waals surface area contributed by atoms with Crippen LogP contribution in [0.4, 0.5) is 4.39 Å². The summed E-state index contributed by atoms with van der Waals surface area (Å²) < 4.78 is 18.6. The molecule has 17 heavy (non-hydrogen) atoms. The Kier molecular flexibility index (Phi) is 4.09. The minimum Gasteiger partial charge on any atom is -0.487 e. The van der Waals surface area contributed by atoms with Gasteiger partial charge < -0.3 is 4.74 Å². The maximum absolute atomic E-state index is 13.0. The Morgan fingerprint density at radius 3 is 2.82 bits per heavy atom. The van der Waals surface area contributed by atoms with Crippen LogP contribution in [0.15, 0.2) is 42.6 Å². The summed E-state index contributed by atoms with van der Waals surface area (Å²) in [6.45, 7) is 0.381. The third kappa shape index (κ3) is 3.27. The van der Waals surface area contributed by atoms with Gasteiger partial charge in [0.2, 0.25) is 0 Å². The molecule has 0 saturated carbocycles. The summed E-state index contributed by atoms with van der Waals surface area (Å²) in [7, 11) is 0. The van der Waals surface area contributed by atoms with E-state index in [9.17, 15) is 4.39 Å². The van der Waals surface area contributed by atoms with E-state index in [0.29, 0.717) is 17.7 Å².